The highest BCUT2D eigenvalue weighted by Crippen LogP contribution is 2.36. The van der Waals surface area contributed by atoms with Crippen LogP contribution in [0.5, 0.6) is 0 Å². The lowest BCUT2D eigenvalue weighted by Crippen LogP contribution is -2.42. The monoisotopic (exact) mass is 327 g/mol. The average Bonchev–Trinajstić information content (AvgIpc) is 3.09. The Bertz CT molecular complexity index is 682. The van der Waals surface area contributed by atoms with Gasteiger partial charge in [-0.2, -0.15) is 0 Å². The zero-order valence-electron chi connectivity index (χ0n) is 13.1. The summed E-state index contributed by atoms with van der Waals surface area (Å²) in [7, 11) is 0. The van der Waals surface area contributed by atoms with E-state index in [0.717, 1.165) is 44.5 Å². The second-order valence-corrected chi connectivity index (χ2v) is 7.33. The first-order valence-electron chi connectivity index (χ1n) is 8.33. The van der Waals surface area contributed by atoms with Crippen molar-refractivity contribution in [3.8, 4) is 0 Å². The minimum Gasteiger partial charge on any atom is -0.373 e. The first-order chi connectivity index (χ1) is 11.3. The van der Waals surface area contributed by atoms with E-state index in [1.165, 1.54) is 10.4 Å². The zero-order valence-corrected chi connectivity index (χ0v) is 13.9. The first-order valence-corrected chi connectivity index (χ1v) is 9.21. The molecule has 2 aromatic rings. The maximum Gasteiger partial charge on any atom is 0.228 e. The second-order valence-electron chi connectivity index (χ2n) is 6.33. The molecule has 2 aliphatic heterocycles. The summed E-state index contributed by atoms with van der Waals surface area (Å²) in [6.45, 7) is 2.35. The predicted octanol–water partition coefficient (Wildman–Crippen LogP) is 3.80. The van der Waals surface area contributed by atoms with E-state index in [0.29, 0.717) is 0 Å². The molecule has 4 heteroatoms. The molecule has 0 radical (unpaired) electrons. The highest BCUT2D eigenvalue weighted by molar-refractivity contribution is 7.10. The van der Waals surface area contributed by atoms with Crippen molar-refractivity contribution in [1.82, 2.24) is 4.90 Å². The lowest BCUT2D eigenvalue weighted by molar-refractivity contribution is -0.146. The van der Waals surface area contributed by atoms with Gasteiger partial charge in [0, 0.05) is 24.6 Å². The van der Waals surface area contributed by atoms with Crippen LogP contribution in [0.25, 0.3) is 0 Å². The number of amides is 1. The van der Waals surface area contributed by atoms with Gasteiger partial charge in [-0.3, -0.25) is 4.79 Å². The highest BCUT2D eigenvalue weighted by Gasteiger charge is 2.36. The van der Waals surface area contributed by atoms with Crippen molar-refractivity contribution in [3.05, 3.63) is 57.8 Å². The largest absolute Gasteiger partial charge is 0.373 e. The van der Waals surface area contributed by atoms with Crippen molar-refractivity contribution in [2.75, 3.05) is 13.2 Å². The summed E-state index contributed by atoms with van der Waals surface area (Å²) in [6, 6.07) is 12.4. The first kappa shape index (κ1) is 14.9. The summed E-state index contributed by atoms with van der Waals surface area (Å²) in [5.74, 6) is 0.210. The second kappa shape index (κ2) is 6.46. The summed E-state index contributed by atoms with van der Waals surface area (Å²) < 4.78 is 6.00. The SMILES string of the molecule is O=C([C@@H]1CCCO[C@@H]1c1ccccc1)N1CCc2sccc2C1. The van der Waals surface area contributed by atoms with Crippen LogP contribution in [-0.4, -0.2) is 24.0 Å². The van der Waals surface area contributed by atoms with Crippen molar-refractivity contribution >= 4 is 17.2 Å². The standard InChI is InChI=1S/C19H21NO2S/c21-19(20-10-8-17-15(13-20)9-12-23-17)16-7-4-11-22-18(16)14-5-2-1-3-6-14/h1-3,5-6,9,12,16,18H,4,7-8,10-11,13H2/t16-,18-/m1/s1. The summed E-state index contributed by atoms with van der Waals surface area (Å²) in [6.07, 6.45) is 2.78. The van der Waals surface area contributed by atoms with Gasteiger partial charge in [-0.25, -0.2) is 0 Å². The number of carbonyl (C=O) groups is 1. The maximum atomic E-state index is 13.1. The van der Waals surface area contributed by atoms with Gasteiger partial charge in [0.2, 0.25) is 5.91 Å². The van der Waals surface area contributed by atoms with Gasteiger partial charge < -0.3 is 9.64 Å². The van der Waals surface area contributed by atoms with Crippen molar-refractivity contribution in [2.45, 2.75) is 31.9 Å². The van der Waals surface area contributed by atoms with Crippen LogP contribution in [0.15, 0.2) is 41.8 Å². The molecule has 3 heterocycles. The van der Waals surface area contributed by atoms with E-state index < -0.39 is 0 Å². The normalized spacial score (nSPS) is 24.3. The Morgan fingerprint density at radius 1 is 1.22 bits per heavy atom. The highest BCUT2D eigenvalue weighted by atomic mass is 32.1. The van der Waals surface area contributed by atoms with Crippen LogP contribution in [0.4, 0.5) is 0 Å². The Labute approximate surface area is 140 Å². The van der Waals surface area contributed by atoms with Crippen LogP contribution in [0.2, 0.25) is 0 Å². The Hall–Kier alpha value is -1.65. The summed E-state index contributed by atoms with van der Waals surface area (Å²) in [5.41, 5.74) is 2.45. The molecule has 1 amide bonds. The molecule has 0 spiro atoms. The number of thiophene rings is 1. The topological polar surface area (TPSA) is 29.5 Å². The molecule has 4 rings (SSSR count). The maximum absolute atomic E-state index is 13.1. The molecule has 0 bridgehead atoms. The average molecular weight is 327 g/mol. The third kappa shape index (κ3) is 2.93. The fourth-order valence-corrected chi connectivity index (χ4v) is 4.57. The number of fused-ring (bicyclic) bond motifs is 1. The van der Waals surface area contributed by atoms with E-state index >= 15 is 0 Å². The van der Waals surface area contributed by atoms with E-state index in [9.17, 15) is 4.79 Å². The molecule has 1 aromatic carbocycles. The predicted molar refractivity (Wildman–Crippen MR) is 91.3 cm³/mol. The van der Waals surface area contributed by atoms with Gasteiger partial charge >= 0.3 is 0 Å². The van der Waals surface area contributed by atoms with Gasteiger partial charge in [-0.15, -0.1) is 11.3 Å². The van der Waals surface area contributed by atoms with Gasteiger partial charge in [0.25, 0.3) is 0 Å². The zero-order chi connectivity index (χ0) is 15.6. The van der Waals surface area contributed by atoms with Crippen LogP contribution in [0, 0.1) is 5.92 Å². The molecule has 3 nitrogen and oxygen atoms in total. The number of benzene rings is 1. The Morgan fingerprint density at radius 3 is 2.96 bits per heavy atom. The molecule has 120 valence electrons. The number of rotatable bonds is 2. The van der Waals surface area contributed by atoms with E-state index in [1.807, 2.05) is 34.4 Å². The minimum atomic E-state index is -0.0960. The van der Waals surface area contributed by atoms with Gasteiger partial charge in [-0.05, 0) is 41.8 Å². The summed E-state index contributed by atoms with van der Waals surface area (Å²) in [5, 5.41) is 2.13. The number of hydrogen-bond acceptors (Lipinski definition) is 3. The van der Waals surface area contributed by atoms with E-state index in [1.54, 1.807) is 0 Å². The number of carbonyl (C=O) groups excluding carboxylic acids is 1. The fraction of sp³-hybridized carbons (Fsp3) is 0.421. The van der Waals surface area contributed by atoms with Crippen LogP contribution in [-0.2, 0) is 22.5 Å². The third-order valence-corrected chi connectivity index (χ3v) is 5.91. The lowest BCUT2D eigenvalue weighted by atomic mass is 9.88. The van der Waals surface area contributed by atoms with Crippen molar-refractivity contribution in [1.29, 1.82) is 0 Å². The van der Waals surface area contributed by atoms with E-state index in [-0.39, 0.29) is 17.9 Å². The Morgan fingerprint density at radius 2 is 2.09 bits per heavy atom. The molecule has 2 atom stereocenters. The smallest absolute Gasteiger partial charge is 0.228 e. The van der Waals surface area contributed by atoms with Crippen LogP contribution >= 0.6 is 11.3 Å². The van der Waals surface area contributed by atoms with Gasteiger partial charge in [0.15, 0.2) is 0 Å². The van der Waals surface area contributed by atoms with Gasteiger partial charge in [-0.1, -0.05) is 30.3 Å². The molecule has 1 aromatic heterocycles. The molecule has 23 heavy (non-hydrogen) atoms. The number of ether oxygens (including phenoxy) is 1. The van der Waals surface area contributed by atoms with Gasteiger partial charge in [0.1, 0.15) is 0 Å². The quantitative estimate of drug-likeness (QED) is 0.839. The van der Waals surface area contributed by atoms with Crippen molar-refractivity contribution in [2.24, 2.45) is 5.92 Å². The third-order valence-electron chi connectivity index (χ3n) is 4.89. The fourth-order valence-electron chi connectivity index (χ4n) is 3.68. The number of nitrogens with zero attached hydrogens (tertiary/aromatic N) is 1. The van der Waals surface area contributed by atoms with Crippen molar-refractivity contribution in [3.63, 3.8) is 0 Å². The lowest BCUT2D eigenvalue weighted by Gasteiger charge is -2.36. The molecule has 0 aliphatic carbocycles. The Kier molecular flexibility index (Phi) is 4.19. The van der Waals surface area contributed by atoms with Crippen LogP contribution in [0.1, 0.15) is 34.9 Å². The van der Waals surface area contributed by atoms with Gasteiger partial charge in [0.05, 0.1) is 12.0 Å². The number of hydrogen-bond donors (Lipinski definition) is 0. The summed E-state index contributed by atoms with van der Waals surface area (Å²) in [4.78, 5) is 16.6. The molecule has 1 fully saturated rings. The molecule has 1 saturated heterocycles. The summed E-state index contributed by atoms with van der Waals surface area (Å²) >= 11 is 1.81. The van der Waals surface area contributed by atoms with Crippen LogP contribution in [0.3, 0.4) is 0 Å². The molecule has 2 aliphatic rings. The molecule has 0 saturated carbocycles. The van der Waals surface area contributed by atoms with E-state index in [4.69, 9.17) is 4.74 Å². The van der Waals surface area contributed by atoms with E-state index in [2.05, 4.69) is 23.6 Å². The van der Waals surface area contributed by atoms with Crippen LogP contribution < -0.4 is 0 Å². The van der Waals surface area contributed by atoms with Crippen molar-refractivity contribution < 1.29 is 9.53 Å². The molecular weight excluding hydrogens is 306 g/mol. The molecular formula is C19H21NO2S. The molecule has 0 unspecified atom stereocenters. The molecule has 0 N–H and O–H groups in total. The Balaban J connectivity index is 1.54. The minimum absolute atomic E-state index is 0.0497.